The SMILES string of the molecule is CCCNCCNC(=O)c1cc(Cl)ccc1F.Cl. The first-order valence-corrected chi connectivity index (χ1v) is 5.97. The lowest BCUT2D eigenvalue weighted by molar-refractivity contribution is 0.0950. The van der Waals surface area contributed by atoms with Crippen molar-refractivity contribution in [3.05, 3.63) is 34.6 Å². The summed E-state index contributed by atoms with van der Waals surface area (Å²) in [5, 5.41) is 6.11. The van der Waals surface area contributed by atoms with Gasteiger partial charge in [0.05, 0.1) is 5.56 Å². The van der Waals surface area contributed by atoms with Crippen molar-refractivity contribution >= 4 is 29.9 Å². The largest absolute Gasteiger partial charge is 0.351 e. The van der Waals surface area contributed by atoms with Gasteiger partial charge in [0.25, 0.3) is 5.91 Å². The molecule has 0 aliphatic heterocycles. The van der Waals surface area contributed by atoms with E-state index in [0.29, 0.717) is 18.1 Å². The molecule has 0 heterocycles. The summed E-state index contributed by atoms with van der Waals surface area (Å²) in [4.78, 5) is 11.6. The Balaban J connectivity index is 0.00000289. The lowest BCUT2D eigenvalue weighted by Gasteiger charge is -2.07. The Labute approximate surface area is 118 Å². The molecule has 0 saturated heterocycles. The number of hydrogen-bond donors (Lipinski definition) is 2. The summed E-state index contributed by atoms with van der Waals surface area (Å²) in [6, 6.07) is 3.93. The lowest BCUT2D eigenvalue weighted by Crippen LogP contribution is -2.32. The van der Waals surface area contributed by atoms with E-state index in [2.05, 4.69) is 17.6 Å². The van der Waals surface area contributed by atoms with Crippen molar-refractivity contribution in [1.82, 2.24) is 10.6 Å². The van der Waals surface area contributed by atoms with Gasteiger partial charge in [0, 0.05) is 18.1 Å². The predicted octanol–water partition coefficient (Wildman–Crippen LogP) is 2.63. The molecule has 0 aromatic heterocycles. The Bertz CT molecular complexity index is 388. The molecular formula is C12H17Cl2FN2O. The highest BCUT2D eigenvalue weighted by Gasteiger charge is 2.11. The Hall–Kier alpha value is -0.840. The molecule has 0 atom stereocenters. The van der Waals surface area contributed by atoms with Crippen molar-refractivity contribution in [2.24, 2.45) is 0 Å². The maximum Gasteiger partial charge on any atom is 0.254 e. The number of rotatable bonds is 6. The monoisotopic (exact) mass is 294 g/mol. The Kier molecular flexibility index (Phi) is 8.71. The van der Waals surface area contributed by atoms with E-state index in [1.807, 2.05) is 0 Å². The van der Waals surface area contributed by atoms with E-state index in [1.54, 1.807) is 0 Å². The number of halogens is 3. The Morgan fingerprint density at radius 1 is 1.33 bits per heavy atom. The predicted molar refractivity (Wildman–Crippen MR) is 74.2 cm³/mol. The molecule has 0 fully saturated rings. The first-order chi connectivity index (χ1) is 8.15. The molecule has 1 aromatic carbocycles. The van der Waals surface area contributed by atoms with Crippen molar-refractivity contribution in [1.29, 1.82) is 0 Å². The van der Waals surface area contributed by atoms with Gasteiger partial charge < -0.3 is 10.6 Å². The summed E-state index contributed by atoms with van der Waals surface area (Å²) >= 11 is 5.70. The fourth-order valence-electron chi connectivity index (χ4n) is 1.33. The molecule has 0 unspecified atom stereocenters. The van der Waals surface area contributed by atoms with Crippen LogP contribution in [0.15, 0.2) is 18.2 Å². The highest BCUT2D eigenvalue weighted by atomic mass is 35.5. The zero-order chi connectivity index (χ0) is 12.7. The third kappa shape index (κ3) is 5.67. The van der Waals surface area contributed by atoms with Gasteiger partial charge >= 0.3 is 0 Å². The average molecular weight is 295 g/mol. The van der Waals surface area contributed by atoms with Gasteiger partial charge in [-0.05, 0) is 31.2 Å². The van der Waals surface area contributed by atoms with Crippen LogP contribution in [-0.4, -0.2) is 25.5 Å². The minimum atomic E-state index is -0.562. The van der Waals surface area contributed by atoms with Gasteiger partial charge in [0.1, 0.15) is 5.82 Å². The number of hydrogen-bond acceptors (Lipinski definition) is 2. The van der Waals surface area contributed by atoms with Crippen LogP contribution >= 0.6 is 24.0 Å². The molecule has 0 bridgehead atoms. The third-order valence-corrected chi connectivity index (χ3v) is 2.42. The zero-order valence-corrected chi connectivity index (χ0v) is 11.7. The molecule has 2 N–H and O–H groups in total. The van der Waals surface area contributed by atoms with Gasteiger partial charge in [-0.15, -0.1) is 12.4 Å². The molecule has 0 aliphatic carbocycles. The van der Waals surface area contributed by atoms with Gasteiger partial charge in [-0.2, -0.15) is 0 Å². The minimum Gasteiger partial charge on any atom is -0.351 e. The molecule has 102 valence electrons. The van der Waals surface area contributed by atoms with E-state index < -0.39 is 11.7 Å². The van der Waals surface area contributed by atoms with Gasteiger partial charge in [0.15, 0.2) is 0 Å². The van der Waals surface area contributed by atoms with Crippen molar-refractivity contribution in [3.63, 3.8) is 0 Å². The van der Waals surface area contributed by atoms with Gasteiger partial charge in [-0.25, -0.2) is 4.39 Å². The van der Waals surface area contributed by atoms with E-state index in [0.717, 1.165) is 13.0 Å². The molecular weight excluding hydrogens is 278 g/mol. The van der Waals surface area contributed by atoms with Crippen LogP contribution in [0.5, 0.6) is 0 Å². The second-order valence-electron chi connectivity index (χ2n) is 3.63. The summed E-state index contributed by atoms with van der Waals surface area (Å²) in [7, 11) is 0. The quantitative estimate of drug-likeness (QED) is 0.792. The normalized spacial score (nSPS) is 9.72. The molecule has 0 radical (unpaired) electrons. The van der Waals surface area contributed by atoms with Crippen molar-refractivity contribution < 1.29 is 9.18 Å². The molecule has 1 aromatic rings. The first-order valence-electron chi connectivity index (χ1n) is 5.59. The van der Waals surface area contributed by atoms with Crippen LogP contribution in [0.3, 0.4) is 0 Å². The van der Waals surface area contributed by atoms with E-state index in [4.69, 9.17) is 11.6 Å². The number of benzene rings is 1. The molecule has 0 aliphatic rings. The van der Waals surface area contributed by atoms with Gasteiger partial charge in [-0.1, -0.05) is 18.5 Å². The number of amides is 1. The highest BCUT2D eigenvalue weighted by molar-refractivity contribution is 6.30. The second-order valence-corrected chi connectivity index (χ2v) is 4.07. The third-order valence-electron chi connectivity index (χ3n) is 2.19. The fourth-order valence-corrected chi connectivity index (χ4v) is 1.51. The second kappa shape index (κ2) is 9.14. The van der Waals surface area contributed by atoms with Crippen molar-refractivity contribution in [2.45, 2.75) is 13.3 Å². The van der Waals surface area contributed by atoms with E-state index in [1.165, 1.54) is 18.2 Å². The van der Waals surface area contributed by atoms with Crippen LogP contribution in [0, 0.1) is 5.82 Å². The summed E-state index contributed by atoms with van der Waals surface area (Å²) < 4.78 is 13.3. The minimum absolute atomic E-state index is 0. The maximum atomic E-state index is 13.3. The summed E-state index contributed by atoms with van der Waals surface area (Å²) in [5.41, 5.74) is -0.0204. The van der Waals surface area contributed by atoms with Crippen LogP contribution < -0.4 is 10.6 Å². The molecule has 18 heavy (non-hydrogen) atoms. The number of carbonyl (C=O) groups excluding carboxylic acids is 1. The standard InChI is InChI=1S/C12H16ClFN2O.ClH/c1-2-5-15-6-7-16-12(17)10-8-9(13)3-4-11(10)14;/h3-4,8,15H,2,5-7H2,1H3,(H,16,17);1H. The number of nitrogens with one attached hydrogen (secondary N) is 2. The summed E-state index contributed by atoms with van der Waals surface area (Å²) in [6.07, 6.45) is 1.04. The molecule has 1 amide bonds. The van der Waals surface area contributed by atoms with E-state index >= 15 is 0 Å². The van der Waals surface area contributed by atoms with E-state index in [-0.39, 0.29) is 18.0 Å². The van der Waals surface area contributed by atoms with Crippen LogP contribution in [0.1, 0.15) is 23.7 Å². The molecule has 1 rings (SSSR count). The van der Waals surface area contributed by atoms with Crippen LogP contribution in [0.2, 0.25) is 5.02 Å². The Morgan fingerprint density at radius 3 is 2.72 bits per heavy atom. The van der Waals surface area contributed by atoms with Gasteiger partial charge in [0.2, 0.25) is 0 Å². The number of carbonyl (C=O) groups is 1. The summed E-state index contributed by atoms with van der Waals surface area (Å²) in [5.74, 6) is -1.00. The van der Waals surface area contributed by atoms with Crippen molar-refractivity contribution in [2.75, 3.05) is 19.6 Å². The van der Waals surface area contributed by atoms with E-state index in [9.17, 15) is 9.18 Å². The topological polar surface area (TPSA) is 41.1 Å². The average Bonchev–Trinajstić information content (AvgIpc) is 2.32. The van der Waals surface area contributed by atoms with Crippen LogP contribution in [0.25, 0.3) is 0 Å². The first kappa shape index (κ1) is 17.2. The molecule has 0 saturated carbocycles. The molecule has 0 spiro atoms. The summed E-state index contributed by atoms with van der Waals surface area (Å²) in [6.45, 7) is 4.10. The smallest absolute Gasteiger partial charge is 0.254 e. The molecule has 6 heteroatoms. The maximum absolute atomic E-state index is 13.3. The van der Waals surface area contributed by atoms with Crippen molar-refractivity contribution in [3.8, 4) is 0 Å². The van der Waals surface area contributed by atoms with Gasteiger partial charge in [-0.3, -0.25) is 4.79 Å². The molecule has 3 nitrogen and oxygen atoms in total. The lowest BCUT2D eigenvalue weighted by atomic mass is 10.2. The zero-order valence-electron chi connectivity index (χ0n) is 10.1. The highest BCUT2D eigenvalue weighted by Crippen LogP contribution is 2.14. The Morgan fingerprint density at radius 2 is 2.06 bits per heavy atom. The van der Waals surface area contributed by atoms with Crippen LogP contribution in [-0.2, 0) is 0 Å². The van der Waals surface area contributed by atoms with Crippen LogP contribution in [0.4, 0.5) is 4.39 Å². The fraction of sp³-hybridized carbons (Fsp3) is 0.417.